The normalized spacial score (nSPS) is 12.0. The molecule has 5 heteroatoms. The first-order chi connectivity index (χ1) is 10.0. The van der Waals surface area contributed by atoms with Crippen molar-refractivity contribution >= 4 is 34.0 Å². The Morgan fingerprint density at radius 2 is 2.05 bits per heavy atom. The zero-order valence-corrected chi connectivity index (χ0v) is 14.1. The summed E-state index contributed by atoms with van der Waals surface area (Å²) in [6.07, 6.45) is 0.854. The second kappa shape index (κ2) is 6.89. The van der Waals surface area contributed by atoms with E-state index in [0.29, 0.717) is 0 Å². The Morgan fingerprint density at radius 3 is 2.67 bits per heavy atom. The lowest BCUT2D eigenvalue weighted by Gasteiger charge is -2.20. The second-order valence-electron chi connectivity index (χ2n) is 4.92. The van der Waals surface area contributed by atoms with Crippen LogP contribution >= 0.6 is 22.6 Å². The Morgan fingerprint density at radius 1 is 1.29 bits per heavy atom. The molecule has 0 aliphatic carbocycles. The van der Waals surface area contributed by atoms with Crippen LogP contribution in [0.15, 0.2) is 42.5 Å². The van der Waals surface area contributed by atoms with Gasteiger partial charge in [0.1, 0.15) is 0 Å². The molecule has 0 bridgehead atoms. The third kappa shape index (κ3) is 3.93. The molecule has 0 aromatic heterocycles. The van der Waals surface area contributed by atoms with Crippen molar-refractivity contribution in [3.8, 4) is 0 Å². The minimum Gasteiger partial charge on any atom is -0.378 e. The number of non-ortho nitro benzene ring substituents is 1. The average Bonchev–Trinajstić information content (AvgIpc) is 2.46. The van der Waals surface area contributed by atoms with Crippen molar-refractivity contribution in [1.82, 2.24) is 0 Å². The molecule has 0 aliphatic rings. The smallest absolute Gasteiger partial charge is 0.269 e. The number of anilines is 1. The third-order valence-electron chi connectivity index (χ3n) is 3.41. The van der Waals surface area contributed by atoms with Crippen LogP contribution in [0.5, 0.6) is 0 Å². The Labute approximate surface area is 137 Å². The van der Waals surface area contributed by atoms with Crippen LogP contribution in [-0.2, 0) is 0 Å². The Hall–Kier alpha value is -1.63. The summed E-state index contributed by atoms with van der Waals surface area (Å²) in [5.74, 6) is 0. The molecular formula is C16H17IN2O2. The third-order valence-corrected chi connectivity index (χ3v) is 4.08. The molecule has 1 N–H and O–H groups in total. The quantitative estimate of drug-likeness (QED) is 0.436. The van der Waals surface area contributed by atoms with E-state index in [1.165, 1.54) is 15.2 Å². The number of nitro groups is 1. The van der Waals surface area contributed by atoms with Crippen LogP contribution in [0.4, 0.5) is 11.4 Å². The van der Waals surface area contributed by atoms with Crippen molar-refractivity contribution in [3.05, 3.63) is 67.3 Å². The maximum absolute atomic E-state index is 10.9. The maximum Gasteiger partial charge on any atom is 0.269 e. The van der Waals surface area contributed by atoms with Gasteiger partial charge < -0.3 is 5.32 Å². The summed E-state index contributed by atoms with van der Waals surface area (Å²) < 4.78 is 1.19. The van der Waals surface area contributed by atoms with Crippen molar-refractivity contribution in [1.29, 1.82) is 0 Å². The highest BCUT2D eigenvalue weighted by Gasteiger charge is 2.14. The van der Waals surface area contributed by atoms with Gasteiger partial charge in [-0.2, -0.15) is 0 Å². The first-order valence-corrected chi connectivity index (χ1v) is 7.86. The lowest BCUT2D eigenvalue weighted by molar-refractivity contribution is -0.384. The van der Waals surface area contributed by atoms with Crippen molar-refractivity contribution in [3.63, 3.8) is 0 Å². The predicted octanol–water partition coefficient (Wildman–Crippen LogP) is 5.07. The summed E-state index contributed by atoms with van der Waals surface area (Å²) in [7, 11) is 0. The number of hydrogen-bond acceptors (Lipinski definition) is 3. The summed E-state index contributed by atoms with van der Waals surface area (Å²) in [5.41, 5.74) is 3.30. The Balaban J connectivity index is 2.27. The van der Waals surface area contributed by atoms with E-state index in [9.17, 15) is 10.1 Å². The molecule has 0 amide bonds. The number of halogens is 1. The van der Waals surface area contributed by atoms with Crippen LogP contribution in [0, 0.1) is 20.6 Å². The van der Waals surface area contributed by atoms with E-state index >= 15 is 0 Å². The summed E-state index contributed by atoms with van der Waals surface area (Å²) in [4.78, 5) is 10.5. The molecule has 4 nitrogen and oxygen atoms in total. The van der Waals surface area contributed by atoms with Gasteiger partial charge in [0.15, 0.2) is 0 Å². The number of nitrogens with zero attached hydrogens (tertiary/aromatic N) is 1. The van der Waals surface area contributed by atoms with E-state index in [-0.39, 0.29) is 16.7 Å². The largest absolute Gasteiger partial charge is 0.378 e. The monoisotopic (exact) mass is 396 g/mol. The summed E-state index contributed by atoms with van der Waals surface area (Å²) >= 11 is 2.29. The molecule has 0 saturated heterocycles. The topological polar surface area (TPSA) is 55.2 Å². The fourth-order valence-electron chi connectivity index (χ4n) is 2.25. The van der Waals surface area contributed by atoms with E-state index in [4.69, 9.17) is 0 Å². The number of rotatable bonds is 5. The number of benzene rings is 2. The second-order valence-corrected chi connectivity index (χ2v) is 6.16. The molecule has 0 fully saturated rings. The number of nitrogens with one attached hydrogen (secondary N) is 1. The van der Waals surface area contributed by atoms with Gasteiger partial charge in [0.05, 0.1) is 11.0 Å². The minimum absolute atomic E-state index is 0.0589. The van der Waals surface area contributed by atoms with E-state index in [1.54, 1.807) is 12.1 Å². The van der Waals surface area contributed by atoms with E-state index in [0.717, 1.165) is 17.7 Å². The molecule has 21 heavy (non-hydrogen) atoms. The van der Waals surface area contributed by atoms with Gasteiger partial charge in [-0.25, -0.2) is 0 Å². The highest BCUT2D eigenvalue weighted by Crippen LogP contribution is 2.27. The highest BCUT2D eigenvalue weighted by molar-refractivity contribution is 14.1. The van der Waals surface area contributed by atoms with Crippen LogP contribution in [0.25, 0.3) is 0 Å². The SMILES string of the molecule is CCC(Nc1ccc(I)cc1C)c1cccc([N+](=O)[O-])c1. The van der Waals surface area contributed by atoms with Gasteiger partial charge in [-0.3, -0.25) is 10.1 Å². The molecule has 0 aliphatic heterocycles. The molecule has 2 aromatic carbocycles. The molecule has 1 atom stereocenters. The molecular weight excluding hydrogens is 379 g/mol. The van der Waals surface area contributed by atoms with Gasteiger partial charge in [-0.15, -0.1) is 0 Å². The van der Waals surface area contributed by atoms with Crippen LogP contribution < -0.4 is 5.32 Å². The van der Waals surface area contributed by atoms with Gasteiger partial charge in [0.2, 0.25) is 0 Å². The van der Waals surface area contributed by atoms with Gasteiger partial charge in [0.25, 0.3) is 5.69 Å². The van der Waals surface area contributed by atoms with Gasteiger partial charge in [-0.1, -0.05) is 19.1 Å². The van der Waals surface area contributed by atoms with Crippen LogP contribution in [-0.4, -0.2) is 4.92 Å². The molecule has 0 heterocycles. The molecule has 2 aromatic rings. The zero-order chi connectivity index (χ0) is 15.4. The zero-order valence-electron chi connectivity index (χ0n) is 12.0. The summed E-state index contributed by atoms with van der Waals surface area (Å²) in [5, 5.41) is 14.4. The summed E-state index contributed by atoms with van der Waals surface area (Å²) in [6.45, 7) is 4.13. The standard InChI is InChI=1S/C16H17IN2O2/c1-3-15(12-5-4-6-14(10-12)19(20)21)18-16-8-7-13(17)9-11(16)2/h4-10,15,18H,3H2,1-2H3. The predicted molar refractivity (Wildman–Crippen MR) is 93.6 cm³/mol. The lowest BCUT2D eigenvalue weighted by atomic mass is 10.0. The van der Waals surface area contributed by atoms with E-state index in [2.05, 4.69) is 60.0 Å². The highest BCUT2D eigenvalue weighted by atomic mass is 127. The molecule has 0 spiro atoms. The first kappa shape index (κ1) is 15.8. The molecule has 0 saturated carbocycles. The molecule has 0 radical (unpaired) electrons. The fraction of sp³-hybridized carbons (Fsp3) is 0.250. The minimum atomic E-state index is -0.355. The summed E-state index contributed by atoms with van der Waals surface area (Å²) in [6, 6.07) is 13.1. The Kier molecular flexibility index (Phi) is 5.17. The molecule has 1 unspecified atom stereocenters. The Bertz CT molecular complexity index is 658. The van der Waals surface area contributed by atoms with Crippen LogP contribution in [0.1, 0.15) is 30.5 Å². The number of aryl methyl sites for hydroxylation is 1. The van der Waals surface area contributed by atoms with Gasteiger partial charge in [0, 0.05) is 21.4 Å². The van der Waals surface area contributed by atoms with Crippen molar-refractivity contribution < 1.29 is 4.92 Å². The number of nitro benzene ring substituents is 1. The molecule has 110 valence electrons. The van der Waals surface area contributed by atoms with E-state index in [1.807, 2.05) is 6.07 Å². The lowest BCUT2D eigenvalue weighted by Crippen LogP contribution is -2.11. The van der Waals surface area contributed by atoms with Gasteiger partial charge >= 0.3 is 0 Å². The average molecular weight is 396 g/mol. The van der Waals surface area contributed by atoms with Crippen LogP contribution in [0.3, 0.4) is 0 Å². The molecule has 2 rings (SSSR count). The van der Waals surface area contributed by atoms with Crippen molar-refractivity contribution in [2.45, 2.75) is 26.3 Å². The van der Waals surface area contributed by atoms with Crippen molar-refractivity contribution in [2.24, 2.45) is 0 Å². The van der Waals surface area contributed by atoms with Crippen LogP contribution in [0.2, 0.25) is 0 Å². The van der Waals surface area contributed by atoms with Crippen molar-refractivity contribution in [2.75, 3.05) is 5.32 Å². The first-order valence-electron chi connectivity index (χ1n) is 6.78. The van der Waals surface area contributed by atoms with E-state index < -0.39 is 0 Å². The fourth-order valence-corrected chi connectivity index (χ4v) is 2.90. The maximum atomic E-state index is 10.9. The van der Waals surface area contributed by atoms with Gasteiger partial charge in [-0.05, 0) is 65.3 Å². The number of hydrogen-bond donors (Lipinski definition) is 1.